The number of hydrogen-bond acceptors (Lipinski definition) is 12. The van der Waals surface area contributed by atoms with Gasteiger partial charge >= 0.3 is 0 Å². The number of benzene rings is 4. The lowest BCUT2D eigenvalue weighted by Gasteiger charge is -2.16. The molecule has 1 amide bonds. The van der Waals surface area contributed by atoms with Gasteiger partial charge in [-0.25, -0.2) is 16.8 Å². The number of nitrogens with zero attached hydrogens (tertiary/aromatic N) is 3. The van der Waals surface area contributed by atoms with Crippen molar-refractivity contribution in [1.82, 2.24) is 0 Å². The number of nitro benzene ring substituents is 1. The number of rotatable bonds is 10. The second-order valence-corrected chi connectivity index (χ2v) is 15.0. The van der Waals surface area contributed by atoms with Crippen molar-refractivity contribution in [2.45, 2.75) is 28.0 Å². The van der Waals surface area contributed by atoms with Gasteiger partial charge in [0.1, 0.15) is 21.4 Å². The minimum absolute atomic E-state index is 0.00973. The number of carbonyl (C=O) groups is 1. The van der Waals surface area contributed by atoms with Gasteiger partial charge in [0, 0.05) is 29.5 Å². The van der Waals surface area contributed by atoms with Crippen molar-refractivity contribution in [3.05, 3.63) is 75.8 Å². The van der Waals surface area contributed by atoms with Crippen LogP contribution in [0.15, 0.2) is 85.6 Å². The van der Waals surface area contributed by atoms with Crippen LogP contribution in [0.1, 0.15) is 13.3 Å². The Morgan fingerprint density at radius 3 is 2.17 bits per heavy atom. The van der Waals surface area contributed by atoms with Crippen molar-refractivity contribution in [1.29, 1.82) is 0 Å². The summed E-state index contributed by atoms with van der Waals surface area (Å²) < 4.78 is 86.4. The maximum Gasteiger partial charge on any atom is 0.294 e. The zero-order chi connectivity index (χ0) is 34.2. The number of amides is 1. The summed E-state index contributed by atoms with van der Waals surface area (Å²) in [6, 6.07) is 10.5. The molecule has 0 aliphatic heterocycles. The first kappa shape index (κ1) is 34.2. The predicted octanol–water partition coefficient (Wildman–Crippen LogP) is 5.32. The van der Waals surface area contributed by atoms with Crippen molar-refractivity contribution in [3.8, 4) is 5.75 Å². The lowest BCUT2D eigenvalue weighted by molar-refractivity contribution is -0.384. The largest absolute Gasteiger partial charge is 0.505 e. The molecule has 46 heavy (non-hydrogen) atoms. The van der Waals surface area contributed by atoms with E-state index in [2.05, 4.69) is 20.3 Å². The summed E-state index contributed by atoms with van der Waals surface area (Å²) in [4.78, 5) is 20.8. The topological polar surface area (TPSA) is 252 Å². The number of halogens is 1. The average Bonchev–Trinajstić information content (AvgIpc) is 2.96. The van der Waals surface area contributed by atoms with Crippen LogP contribution in [-0.4, -0.2) is 52.0 Å². The molecule has 4 N–H and O–H groups in total. The number of phenols is 1. The third kappa shape index (κ3) is 7.23. The van der Waals surface area contributed by atoms with Crippen LogP contribution in [0.2, 0.25) is 5.02 Å². The summed E-state index contributed by atoms with van der Waals surface area (Å²) in [5.74, 6) is -1.02. The van der Waals surface area contributed by atoms with Gasteiger partial charge in [-0.05, 0) is 36.4 Å². The molecule has 0 bridgehead atoms. The van der Waals surface area contributed by atoms with Crippen molar-refractivity contribution in [3.63, 3.8) is 0 Å². The fourth-order valence-electron chi connectivity index (χ4n) is 4.11. The summed E-state index contributed by atoms with van der Waals surface area (Å²) in [7, 11) is -13.5. The normalized spacial score (nSPS) is 12.3. The van der Waals surface area contributed by atoms with E-state index in [1.807, 2.05) is 0 Å². The number of azo groups is 1. The summed E-state index contributed by atoms with van der Waals surface area (Å²) in [6.07, 6.45) is 0.785. The Balaban J connectivity index is 1.97. The minimum atomic E-state index is -4.76. The van der Waals surface area contributed by atoms with Gasteiger partial charge in [0.05, 0.1) is 31.8 Å². The molecule has 4 rings (SSSR count). The van der Waals surface area contributed by atoms with Crippen molar-refractivity contribution >= 4 is 86.7 Å². The van der Waals surface area contributed by atoms with E-state index in [9.17, 15) is 49.8 Å². The first-order valence-corrected chi connectivity index (χ1v) is 17.8. The molecule has 0 saturated carbocycles. The van der Waals surface area contributed by atoms with Crippen LogP contribution >= 0.6 is 11.6 Å². The van der Waals surface area contributed by atoms with Crippen LogP contribution in [0.3, 0.4) is 0 Å². The van der Waals surface area contributed by atoms with Crippen LogP contribution in [0.5, 0.6) is 5.75 Å². The molecule has 4 aromatic rings. The van der Waals surface area contributed by atoms with Gasteiger partial charge in [-0.15, -0.1) is 10.2 Å². The third-order valence-corrected chi connectivity index (χ3v) is 9.90. The lowest BCUT2D eigenvalue weighted by Crippen LogP contribution is -2.14. The number of sulfone groups is 1. The standard InChI is InChI=1S/C26H22ClN5O11S3/c1-3-24(33)28-21-12-20(30-29-19-11-17(27)22(32(35)36)13-23(19)44(2,37)38)25-16(26(21)34)8-5-9-18(25)31-45(39,40)14-6-4-7-15(10-14)46(41,42)43/h4-13,31,34H,3H2,1-2H3,(H,28,33)(H,41,42,43). The molecule has 16 nitrogen and oxygen atoms in total. The number of carbonyl (C=O) groups excluding carboxylic acids is 1. The van der Waals surface area contributed by atoms with Gasteiger partial charge in [-0.1, -0.05) is 36.7 Å². The van der Waals surface area contributed by atoms with E-state index < -0.39 is 77.6 Å². The number of sulfonamides is 1. The molecular formula is C26H22ClN5O11S3. The van der Waals surface area contributed by atoms with Gasteiger partial charge in [-0.2, -0.15) is 8.42 Å². The fraction of sp³-hybridized carbons (Fsp3) is 0.115. The summed E-state index contributed by atoms with van der Waals surface area (Å²) in [6.45, 7) is 1.54. The van der Waals surface area contributed by atoms with Crippen LogP contribution in [0.4, 0.5) is 28.4 Å². The van der Waals surface area contributed by atoms with Crippen LogP contribution < -0.4 is 10.0 Å². The van der Waals surface area contributed by atoms with E-state index in [0.29, 0.717) is 12.1 Å². The van der Waals surface area contributed by atoms with Crippen LogP contribution in [0.25, 0.3) is 10.8 Å². The van der Waals surface area contributed by atoms with E-state index in [1.54, 1.807) is 6.92 Å². The quantitative estimate of drug-likeness (QED) is 0.0538. The van der Waals surface area contributed by atoms with E-state index in [-0.39, 0.29) is 34.3 Å². The predicted molar refractivity (Wildman–Crippen MR) is 167 cm³/mol. The van der Waals surface area contributed by atoms with E-state index >= 15 is 0 Å². The minimum Gasteiger partial charge on any atom is -0.505 e. The highest BCUT2D eigenvalue weighted by Crippen LogP contribution is 2.44. The molecule has 0 spiro atoms. The first-order chi connectivity index (χ1) is 21.3. The highest BCUT2D eigenvalue weighted by molar-refractivity contribution is 7.92. The van der Waals surface area contributed by atoms with Gasteiger partial charge in [0.25, 0.3) is 25.8 Å². The highest BCUT2D eigenvalue weighted by atomic mass is 35.5. The maximum atomic E-state index is 13.3. The van der Waals surface area contributed by atoms with Gasteiger partial charge in [-0.3, -0.25) is 24.2 Å². The Hall–Kier alpha value is -4.69. The highest BCUT2D eigenvalue weighted by Gasteiger charge is 2.24. The lowest BCUT2D eigenvalue weighted by atomic mass is 10.0. The smallest absolute Gasteiger partial charge is 0.294 e. The fourth-order valence-corrected chi connectivity index (χ4v) is 6.86. The molecule has 0 fully saturated rings. The number of anilines is 2. The molecular weight excluding hydrogens is 690 g/mol. The molecule has 20 heteroatoms. The number of hydrogen-bond donors (Lipinski definition) is 4. The number of nitro groups is 1. The summed E-state index contributed by atoms with van der Waals surface area (Å²) >= 11 is 5.99. The molecule has 0 heterocycles. The average molecular weight is 712 g/mol. The van der Waals surface area contributed by atoms with E-state index in [0.717, 1.165) is 36.6 Å². The van der Waals surface area contributed by atoms with E-state index in [1.165, 1.54) is 18.2 Å². The SMILES string of the molecule is CCC(=O)Nc1cc(N=Nc2cc(Cl)c([N+](=O)[O-])cc2S(C)(=O)=O)c2c(NS(=O)(=O)c3cccc(S(=O)(=O)O)c3)cccc2c1O. The van der Waals surface area contributed by atoms with E-state index in [4.69, 9.17) is 11.6 Å². The molecule has 4 aromatic carbocycles. The van der Waals surface area contributed by atoms with Crippen molar-refractivity contribution in [2.24, 2.45) is 10.2 Å². The molecule has 242 valence electrons. The Bertz CT molecular complexity index is 2290. The van der Waals surface area contributed by atoms with Crippen LogP contribution in [0, 0.1) is 10.1 Å². The second-order valence-electron chi connectivity index (χ2n) is 9.48. The van der Waals surface area contributed by atoms with Gasteiger partial charge in [0.2, 0.25) is 5.91 Å². The Morgan fingerprint density at radius 1 is 0.935 bits per heavy atom. The zero-order valence-electron chi connectivity index (χ0n) is 23.5. The molecule has 0 aromatic heterocycles. The van der Waals surface area contributed by atoms with Crippen molar-refractivity contribution < 1.29 is 44.6 Å². The monoisotopic (exact) mass is 711 g/mol. The number of nitrogens with one attached hydrogen (secondary N) is 2. The molecule has 0 radical (unpaired) electrons. The first-order valence-electron chi connectivity index (χ1n) is 12.6. The number of phenolic OH excluding ortho intramolecular Hbond substituents is 1. The summed E-state index contributed by atoms with van der Waals surface area (Å²) in [5.41, 5.74) is -1.75. The molecule has 0 aliphatic rings. The maximum absolute atomic E-state index is 13.3. The van der Waals surface area contributed by atoms with Gasteiger partial charge < -0.3 is 10.4 Å². The van der Waals surface area contributed by atoms with Gasteiger partial charge in [0.15, 0.2) is 9.84 Å². The second kappa shape index (κ2) is 12.6. The zero-order valence-corrected chi connectivity index (χ0v) is 26.7. The summed E-state index contributed by atoms with van der Waals surface area (Å²) in [5, 5.41) is 32.2. The Kier molecular flexibility index (Phi) is 9.36. The Morgan fingerprint density at radius 2 is 1.57 bits per heavy atom. The Labute approximate surface area is 266 Å². The number of aromatic hydroxyl groups is 1. The molecule has 0 atom stereocenters. The molecule has 0 saturated heterocycles. The molecule has 0 aliphatic carbocycles. The molecule has 0 unspecified atom stereocenters. The third-order valence-electron chi connectivity index (χ3n) is 6.26. The number of fused-ring (bicyclic) bond motifs is 1. The van der Waals surface area contributed by atoms with Crippen molar-refractivity contribution in [2.75, 3.05) is 16.3 Å². The van der Waals surface area contributed by atoms with Crippen LogP contribution in [-0.2, 0) is 34.8 Å².